The van der Waals surface area contributed by atoms with Gasteiger partial charge in [0.25, 0.3) is 5.91 Å². The number of fused-ring (bicyclic) bond motifs is 1. The Morgan fingerprint density at radius 2 is 2.24 bits per heavy atom. The van der Waals surface area contributed by atoms with Crippen LogP contribution in [0.1, 0.15) is 24.2 Å². The number of aromatic nitrogens is 2. The van der Waals surface area contributed by atoms with Crippen LogP contribution in [0.4, 0.5) is 0 Å². The molecule has 3 aromatic rings. The molecule has 1 N–H and O–H groups in total. The minimum Gasteiger partial charge on any atom is -0.454 e. The minimum atomic E-state index is 0.0233. The maximum atomic E-state index is 13.1. The lowest BCUT2D eigenvalue weighted by Crippen LogP contribution is -2.43. The standard InChI is InChI=1S/C19H21N3O2S/c1-12(2)17-11-22(7-8-25-17)19(23)14-10-20-21-18(14)16-9-13-5-3-4-6-15(13)24-16/h3-6,9-10,12,17H,7-8,11H2,1-2H3,(H,20,21). The summed E-state index contributed by atoms with van der Waals surface area (Å²) in [4.78, 5) is 15.0. The summed E-state index contributed by atoms with van der Waals surface area (Å²) in [6.07, 6.45) is 1.61. The highest BCUT2D eigenvalue weighted by Gasteiger charge is 2.29. The summed E-state index contributed by atoms with van der Waals surface area (Å²) in [6.45, 7) is 5.98. The minimum absolute atomic E-state index is 0.0233. The van der Waals surface area contributed by atoms with Crippen molar-refractivity contribution in [2.75, 3.05) is 18.8 Å². The van der Waals surface area contributed by atoms with E-state index in [1.807, 2.05) is 47.0 Å². The number of para-hydroxylation sites is 1. The zero-order chi connectivity index (χ0) is 17.4. The summed E-state index contributed by atoms with van der Waals surface area (Å²) < 4.78 is 5.90. The Bertz CT molecular complexity index is 866. The van der Waals surface area contributed by atoms with Crippen LogP contribution in [0, 0.1) is 5.92 Å². The number of H-pyrrole nitrogens is 1. The second-order valence-corrected chi connectivity index (χ2v) is 8.06. The van der Waals surface area contributed by atoms with Crippen molar-refractivity contribution in [2.45, 2.75) is 19.1 Å². The van der Waals surface area contributed by atoms with Gasteiger partial charge in [-0.3, -0.25) is 9.89 Å². The van der Waals surface area contributed by atoms with Gasteiger partial charge in [0.1, 0.15) is 11.3 Å². The monoisotopic (exact) mass is 355 g/mol. The first-order valence-electron chi connectivity index (χ1n) is 8.56. The number of thioether (sulfide) groups is 1. The van der Waals surface area contributed by atoms with Crippen LogP contribution < -0.4 is 0 Å². The van der Waals surface area contributed by atoms with Crippen LogP contribution >= 0.6 is 11.8 Å². The Hall–Kier alpha value is -2.21. The summed E-state index contributed by atoms with van der Waals surface area (Å²) in [7, 11) is 0. The molecule has 0 bridgehead atoms. The maximum absolute atomic E-state index is 13.1. The lowest BCUT2D eigenvalue weighted by atomic mass is 10.1. The largest absolute Gasteiger partial charge is 0.454 e. The van der Waals surface area contributed by atoms with E-state index in [4.69, 9.17) is 4.42 Å². The normalized spacial score (nSPS) is 18.2. The predicted octanol–water partition coefficient (Wildman–Crippen LogP) is 4.04. The van der Waals surface area contributed by atoms with Crippen LogP contribution in [0.3, 0.4) is 0 Å². The van der Waals surface area contributed by atoms with Crippen molar-refractivity contribution in [1.29, 1.82) is 0 Å². The number of furan rings is 1. The molecule has 6 heteroatoms. The number of rotatable bonds is 3. The Labute approximate surface area is 150 Å². The summed E-state index contributed by atoms with van der Waals surface area (Å²) in [5, 5.41) is 8.54. The molecule has 5 nitrogen and oxygen atoms in total. The van der Waals surface area contributed by atoms with Gasteiger partial charge in [-0.15, -0.1) is 0 Å². The van der Waals surface area contributed by atoms with Crippen LogP contribution in [0.15, 0.2) is 40.9 Å². The van der Waals surface area contributed by atoms with Crippen LogP contribution in [0.2, 0.25) is 0 Å². The van der Waals surface area contributed by atoms with E-state index < -0.39 is 0 Å². The summed E-state index contributed by atoms with van der Waals surface area (Å²) in [6, 6.07) is 9.77. The number of nitrogens with zero attached hydrogens (tertiary/aromatic N) is 2. The Morgan fingerprint density at radius 1 is 1.40 bits per heavy atom. The molecule has 1 unspecified atom stereocenters. The van der Waals surface area contributed by atoms with Crippen molar-refractivity contribution in [3.05, 3.63) is 42.1 Å². The second-order valence-electron chi connectivity index (χ2n) is 6.71. The topological polar surface area (TPSA) is 62.1 Å². The van der Waals surface area contributed by atoms with Crippen LogP contribution in [-0.2, 0) is 0 Å². The fourth-order valence-electron chi connectivity index (χ4n) is 3.17. The van der Waals surface area contributed by atoms with E-state index in [1.165, 1.54) is 0 Å². The van der Waals surface area contributed by atoms with Gasteiger partial charge in [-0.1, -0.05) is 32.0 Å². The van der Waals surface area contributed by atoms with Gasteiger partial charge in [-0.25, -0.2) is 0 Å². The van der Waals surface area contributed by atoms with Crippen molar-refractivity contribution in [3.8, 4) is 11.5 Å². The molecule has 2 aromatic heterocycles. The Kier molecular flexibility index (Phi) is 4.29. The van der Waals surface area contributed by atoms with Gasteiger partial charge >= 0.3 is 0 Å². The average Bonchev–Trinajstić information content (AvgIpc) is 3.27. The van der Waals surface area contributed by atoms with E-state index >= 15 is 0 Å². The highest BCUT2D eigenvalue weighted by atomic mass is 32.2. The number of amides is 1. The first-order valence-corrected chi connectivity index (χ1v) is 9.61. The molecule has 0 radical (unpaired) electrons. The molecule has 1 saturated heterocycles. The second kappa shape index (κ2) is 6.59. The third-order valence-electron chi connectivity index (χ3n) is 4.67. The van der Waals surface area contributed by atoms with Crippen molar-refractivity contribution >= 4 is 28.6 Å². The highest BCUT2D eigenvalue weighted by Crippen LogP contribution is 2.31. The molecule has 4 rings (SSSR count). The number of hydrogen-bond donors (Lipinski definition) is 1. The summed E-state index contributed by atoms with van der Waals surface area (Å²) in [5.41, 5.74) is 2.04. The van der Waals surface area contributed by atoms with Gasteiger partial charge in [0.2, 0.25) is 0 Å². The molecule has 130 valence electrons. The fourth-order valence-corrected chi connectivity index (χ4v) is 4.47. The van der Waals surface area contributed by atoms with Crippen LogP contribution in [-0.4, -0.2) is 45.1 Å². The van der Waals surface area contributed by atoms with Crippen molar-refractivity contribution in [1.82, 2.24) is 15.1 Å². The number of aromatic amines is 1. The molecule has 25 heavy (non-hydrogen) atoms. The Morgan fingerprint density at radius 3 is 3.04 bits per heavy atom. The molecule has 0 saturated carbocycles. The smallest absolute Gasteiger partial charge is 0.257 e. The van der Waals surface area contributed by atoms with E-state index in [9.17, 15) is 4.79 Å². The fraction of sp³-hybridized carbons (Fsp3) is 0.368. The number of nitrogens with one attached hydrogen (secondary N) is 1. The molecule has 1 aliphatic rings. The molecular weight excluding hydrogens is 334 g/mol. The third kappa shape index (κ3) is 3.06. The first kappa shape index (κ1) is 16.3. The zero-order valence-corrected chi connectivity index (χ0v) is 15.2. The molecule has 0 aliphatic carbocycles. The molecule has 0 spiro atoms. The highest BCUT2D eigenvalue weighted by molar-refractivity contribution is 8.00. The quantitative estimate of drug-likeness (QED) is 0.770. The van der Waals surface area contributed by atoms with Gasteiger partial charge in [0, 0.05) is 29.5 Å². The van der Waals surface area contributed by atoms with Gasteiger partial charge in [-0.2, -0.15) is 16.9 Å². The van der Waals surface area contributed by atoms with E-state index in [-0.39, 0.29) is 5.91 Å². The zero-order valence-electron chi connectivity index (χ0n) is 14.4. The predicted molar refractivity (Wildman–Crippen MR) is 101 cm³/mol. The first-order chi connectivity index (χ1) is 12.1. The van der Waals surface area contributed by atoms with Crippen molar-refractivity contribution < 1.29 is 9.21 Å². The van der Waals surface area contributed by atoms with Gasteiger partial charge in [-0.05, 0) is 18.1 Å². The van der Waals surface area contributed by atoms with Gasteiger partial charge in [0.15, 0.2) is 5.76 Å². The summed E-state index contributed by atoms with van der Waals surface area (Å²) >= 11 is 1.96. The number of carbonyl (C=O) groups excluding carboxylic acids is 1. The van der Waals surface area contributed by atoms with Crippen LogP contribution in [0.25, 0.3) is 22.4 Å². The SMILES string of the molecule is CC(C)C1CN(C(=O)c2cn[nH]c2-c2cc3ccccc3o2)CCS1. The van der Waals surface area contributed by atoms with E-state index in [2.05, 4.69) is 24.0 Å². The number of hydrogen-bond acceptors (Lipinski definition) is 4. The van der Waals surface area contributed by atoms with E-state index in [1.54, 1.807) is 6.20 Å². The van der Waals surface area contributed by atoms with E-state index in [0.717, 1.165) is 29.8 Å². The molecule has 1 aromatic carbocycles. The van der Waals surface area contributed by atoms with E-state index in [0.29, 0.717) is 28.2 Å². The average molecular weight is 355 g/mol. The maximum Gasteiger partial charge on any atom is 0.257 e. The third-order valence-corrected chi connectivity index (χ3v) is 6.21. The molecule has 1 aliphatic heterocycles. The molecular formula is C19H21N3O2S. The van der Waals surface area contributed by atoms with Crippen LogP contribution in [0.5, 0.6) is 0 Å². The number of carbonyl (C=O) groups is 1. The van der Waals surface area contributed by atoms with Crippen molar-refractivity contribution in [2.24, 2.45) is 5.92 Å². The van der Waals surface area contributed by atoms with Gasteiger partial charge < -0.3 is 9.32 Å². The molecule has 3 heterocycles. The lowest BCUT2D eigenvalue weighted by molar-refractivity contribution is 0.0756. The van der Waals surface area contributed by atoms with Crippen molar-refractivity contribution in [3.63, 3.8) is 0 Å². The Balaban J connectivity index is 1.63. The molecule has 1 fully saturated rings. The lowest BCUT2D eigenvalue weighted by Gasteiger charge is -2.34. The molecule has 1 amide bonds. The molecule has 1 atom stereocenters. The summed E-state index contributed by atoms with van der Waals surface area (Å²) in [5.74, 6) is 2.20. The number of benzene rings is 1. The van der Waals surface area contributed by atoms with Gasteiger partial charge in [0.05, 0.1) is 11.8 Å².